The zero-order valence-electron chi connectivity index (χ0n) is 43.3. The molecular formula is C56H110N2O6. The second-order valence-electron chi connectivity index (χ2n) is 20.1. The van der Waals surface area contributed by atoms with Crippen molar-refractivity contribution in [2.24, 2.45) is 11.8 Å². The van der Waals surface area contributed by atoms with E-state index in [4.69, 9.17) is 14.2 Å². The summed E-state index contributed by atoms with van der Waals surface area (Å²) in [5.41, 5.74) is 0. The number of aliphatic hydroxyl groups excluding tert-OH is 1. The number of esters is 2. The van der Waals surface area contributed by atoms with Crippen LogP contribution in [0.15, 0.2) is 0 Å². The molecule has 0 amide bonds. The number of carbonyl (C=O) groups is 2. The van der Waals surface area contributed by atoms with Crippen molar-refractivity contribution in [3.63, 3.8) is 0 Å². The summed E-state index contributed by atoms with van der Waals surface area (Å²) >= 11 is 0. The first-order valence-corrected chi connectivity index (χ1v) is 28.4. The van der Waals surface area contributed by atoms with Crippen LogP contribution in [0.1, 0.15) is 265 Å². The number of rotatable bonds is 50. The molecule has 0 aromatic rings. The SMILES string of the molecule is CCCCCCCCC(CCCCCCCC)COC(=O)CCCCCN(CCCCCC(=O)OCC(CCCCCCCC)CCCCCCCC)CCN(CCO)C1CCOC1. The molecule has 1 N–H and O–H groups in total. The molecular weight excluding hydrogens is 797 g/mol. The highest BCUT2D eigenvalue weighted by Gasteiger charge is 2.23. The summed E-state index contributed by atoms with van der Waals surface area (Å²) in [5, 5.41) is 9.82. The molecule has 64 heavy (non-hydrogen) atoms. The van der Waals surface area contributed by atoms with E-state index in [9.17, 15) is 14.7 Å². The Bertz CT molecular complexity index is 898. The Morgan fingerprint density at radius 3 is 1.22 bits per heavy atom. The number of unbranched alkanes of at least 4 members (excludes halogenated alkanes) is 24. The molecule has 0 aromatic heterocycles. The predicted octanol–water partition coefficient (Wildman–Crippen LogP) is 14.8. The van der Waals surface area contributed by atoms with Gasteiger partial charge in [-0.3, -0.25) is 14.5 Å². The van der Waals surface area contributed by atoms with Crippen molar-refractivity contribution in [1.82, 2.24) is 9.80 Å². The van der Waals surface area contributed by atoms with Crippen molar-refractivity contribution in [2.45, 2.75) is 271 Å². The topological polar surface area (TPSA) is 88.5 Å². The number of hydrogen-bond acceptors (Lipinski definition) is 8. The van der Waals surface area contributed by atoms with E-state index in [0.717, 1.165) is 84.3 Å². The molecule has 0 saturated carbocycles. The second-order valence-corrected chi connectivity index (χ2v) is 20.1. The Morgan fingerprint density at radius 1 is 0.484 bits per heavy atom. The lowest BCUT2D eigenvalue weighted by atomic mass is 9.94. The van der Waals surface area contributed by atoms with Gasteiger partial charge in [-0.2, -0.15) is 0 Å². The molecule has 380 valence electrons. The molecule has 0 radical (unpaired) electrons. The normalized spacial score (nSPS) is 14.2. The van der Waals surface area contributed by atoms with Crippen molar-refractivity contribution in [2.75, 3.05) is 65.8 Å². The quantitative estimate of drug-likeness (QED) is 0.0477. The maximum absolute atomic E-state index is 12.9. The average Bonchev–Trinajstić information content (AvgIpc) is 3.84. The summed E-state index contributed by atoms with van der Waals surface area (Å²) in [5.74, 6) is 0.980. The summed E-state index contributed by atoms with van der Waals surface area (Å²) in [6.45, 7) is 16.6. The summed E-state index contributed by atoms with van der Waals surface area (Å²) in [4.78, 5) is 30.8. The van der Waals surface area contributed by atoms with E-state index in [1.54, 1.807) is 0 Å². The molecule has 1 atom stereocenters. The fraction of sp³-hybridized carbons (Fsp3) is 0.964. The first-order valence-electron chi connectivity index (χ1n) is 28.4. The van der Waals surface area contributed by atoms with Gasteiger partial charge in [0.15, 0.2) is 0 Å². The molecule has 1 aliphatic rings. The summed E-state index contributed by atoms with van der Waals surface area (Å²) in [6, 6.07) is 0.387. The smallest absolute Gasteiger partial charge is 0.305 e. The van der Waals surface area contributed by atoms with Crippen LogP contribution in [0.25, 0.3) is 0 Å². The lowest BCUT2D eigenvalue weighted by Gasteiger charge is -2.30. The zero-order valence-corrected chi connectivity index (χ0v) is 43.3. The largest absolute Gasteiger partial charge is 0.465 e. The molecule has 1 fully saturated rings. The second kappa shape index (κ2) is 46.9. The fourth-order valence-corrected chi connectivity index (χ4v) is 9.63. The first-order chi connectivity index (χ1) is 31.5. The highest BCUT2D eigenvalue weighted by atomic mass is 16.5. The van der Waals surface area contributed by atoms with Crippen molar-refractivity contribution in [3.8, 4) is 0 Å². The Morgan fingerprint density at radius 2 is 0.859 bits per heavy atom. The number of aliphatic hydroxyl groups is 1. The summed E-state index contributed by atoms with van der Waals surface area (Å²) in [7, 11) is 0. The maximum atomic E-state index is 12.9. The number of hydrogen-bond donors (Lipinski definition) is 1. The minimum Gasteiger partial charge on any atom is -0.465 e. The van der Waals surface area contributed by atoms with Crippen molar-refractivity contribution in [1.29, 1.82) is 0 Å². The van der Waals surface area contributed by atoms with Crippen LogP contribution in [0, 0.1) is 11.8 Å². The molecule has 0 spiro atoms. The van der Waals surface area contributed by atoms with Gasteiger partial charge in [-0.05, 0) is 82.7 Å². The monoisotopic (exact) mass is 907 g/mol. The molecule has 1 heterocycles. The molecule has 8 nitrogen and oxygen atoms in total. The molecule has 0 aromatic carbocycles. The first kappa shape index (κ1) is 60.8. The summed E-state index contributed by atoms with van der Waals surface area (Å²) in [6.07, 6.45) is 44.3. The van der Waals surface area contributed by atoms with Gasteiger partial charge in [0.05, 0.1) is 26.4 Å². The van der Waals surface area contributed by atoms with Gasteiger partial charge < -0.3 is 24.2 Å². The number of ether oxygens (including phenoxy) is 3. The minimum atomic E-state index is -0.0177. The molecule has 0 bridgehead atoms. The van der Waals surface area contributed by atoms with Crippen LogP contribution in [0.5, 0.6) is 0 Å². The lowest BCUT2D eigenvalue weighted by molar-refractivity contribution is -0.146. The maximum Gasteiger partial charge on any atom is 0.305 e. The van der Waals surface area contributed by atoms with E-state index in [1.165, 1.54) is 180 Å². The van der Waals surface area contributed by atoms with Crippen LogP contribution in [0.2, 0.25) is 0 Å². The standard InChI is InChI=1S/C56H110N2O6/c1-5-9-13-17-21-27-35-52(36-28-22-18-14-10-6-2)49-63-55(60)39-31-25-33-42-57(44-45-58(46-47-59)54-41-48-62-51-54)43-34-26-32-40-56(61)64-50-53(37-29-23-19-15-11-7-3)38-30-24-20-16-12-8-4/h52-54,59H,5-51H2,1-4H3. The number of carbonyl (C=O) groups excluding carboxylic acids is 2. The average molecular weight is 908 g/mol. The van der Waals surface area contributed by atoms with E-state index in [0.29, 0.717) is 50.5 Å². The van der Waals surface area contributed by atoms with Crippen LogP contribution >= 0.6 is 0 Å². The van der Waals surface area contributed by atoms with Crippen molar-refractivity contribution < 1.29 is 28.9 Å². The fourth-order valence-electron chi connectivity index (χ4n) is 9.63. The van der Waals surface area contributed by atoms with E-state index >= 15 is 0 Å². The Kier molecular flexibility index (Phi) is 44.5. The minimum absolute atomic E-state index is 0.0177. The van der Waals surface area contributed by atoms with Crippen LogP contribution in [-0.4, -0.2) is 98.6 Å². The third-order valence-corrected chi connectivity index (χ3v) is 14.0. The van der Waals surface area contributed by atoms with Crippen LogP contribution in [-0.2, 0) is 23.8 Å². The lowest BCUT2D eigenvalue weighted by Crippen LogP contribution is -2.43. The van der Waals surface area contributed by atoms with Gasteiger partial charge in [0.2, 0.25) is 0 Å². The Labute approximate surface area is 398 Å². The van der Waals surface area contributed by atoms with Crippen LogP contribution in [0.3, 0.4) is 0 Å². The van der Waals surface area contributed by atoms with E-state index < -0.39 is 0 Å². The molecule has 1 saturated heterocycles. The van der Waals surface area contributed by atoms with Gasteiger partial charge in [0.1, 0.15) is 0 Å². The third-order valence-electron chi connectivity index (χ3n) is 14.0. The van der Waals surface area contributed by atoms with E-state index in [1.807, 2.05) is 0 Å². The van der Waals surface area contributed by atoms with Crippen molar-refractivity contribution in [3.05, 3.63) is 0 Å². The molecule has 8 heteroatoms. The van der Waals surface area contributed by atoms with E-state index in [-0.39, 0.29) is 18.5 Å². The van der Waals surface area contributed by atoms with Gasteiger partial charge in [0, 0.05) is 45.1 Å². The molecule has 1 unspecified atom stereocenters. The molecule has 1 aliphatic heterocycles. The van der Waals surface area contributed by atoms with Gasteiger partial charge in [-0.15, -0.1) is 0 Å². The Balaban J connectivity index is 2.54. The molecule has 0 aliphatic carbocycles. The molecule has 1 rings (SSSR count). The Hall–Kier alpha value is -1.22. The van der Waals surface area contributed by atoms with Gasteiger partial charge in [-0.1, -0.05) is 195 Å². The highest BCUT2D eigenvalue weighted by Crippen LogP contribution is 2.22. The van der Waals surface area contributed by atoms with Gasteiger partial charge in [-0.25, -0.2) is 0 Å². The van der Waals surface area contributed by atoms with Gasteiger partial charge in [0.25, 0.3) is 0 Å². The summed E-state index contributed by atoms with van der Waals surface area (Å²) < 4.78 is 17.5. The third kappa shape index (κ3) is 37.8. The van der Waals surface area contributed by atoms with E-state index in [2.05, 4.69) is 37.5 Å². The number of nitrogens with zero attached hydrogens (tertiary/aromatic N) is 2. The predicted molar refractivity (Wildman–Crippen MR) is 272 cm³/mol. The van der Waals surface area contributed by atoms with Crippen molar-refractivity contribution >= 4 is 11.9 Å². The highest BCUT2D eigenvalue weighted by molar-refractivity contribution is 5.69. The van der Waals surface area contributed by atoms with Gasteiger partial charge >= 0.3 is 11.9 Å². The zero-order chi connectivity index (χ0) is 46.4. The van der Waals surface area contributed by atoms with Crippen LogP contribution in [0.4, 0.5) is 0 Å². The van der Waals surface area contributed by atoms with Crippen LogP contribution < -0.4 is 0 Å².